The van der Waals surface area contributed by atoms with Crippen molar-refractivity contribution in [2.45, 2.75) is 250 Å². The van der Waals surface area contributed by atoms with E-state index in [4.69, 9.17) is 23.7 Å². The number of allylic oxidation sites excluding steroid dienone is 16. The van der Waals surface area contributed by atoms with Crippen LogP contribution in [0.5, 0.6) is 0 Å². The predicted octanol–water partition coefficient (Wildman–Crippen LogP) is 14.1. The van der Waals surface area contributed by atoms with E-state index in [-0.39, 0.29) is 25.9 Å². The highest BCUT2D eigenvalue weighted by Gasteiger charge is 2.50. The summed E-state index contributed by atoms with van der Waals surface area (Å²) in [7, 11) is 0. The summed E-state index contributed by atoms with van der Waals surface area (Å²) in [5.74, 6) is -3.24. The standard InChI is InChI=1S/C61H98O12/c1-4-7-10-13-16-19-22-25-27-30-32-35-38-41-44-47-53(62)69-50-52(71-54(63)48-45-42-39-36-33-29-24-21-18-15-12-9-6-3)51-70-61-59(57(66)56(65)58(73-61)60(67)68)72-55(64)49-46-43-40-37-34-31-28-26-23-20-17-14-11-8-5-2/h8-9,11-12,17-18,20-21,25-29,33-34,37,52,56-59,61,65-66H,4-7,10,13-16,19,22-24,30-32,35-36,38-51H2,1-3H3,(H,67,68)/b11-8-,12-9-,20-17-,21-18-,27-25-,28-26-,33-29-,37-34-. The molecule has 1 rings (SSSR count). The average Bonchev–Trinajstić information content (AvgIpc) is 3.37. The number of carboxylic acid groups (broad SMARTS) is 1. The number of unbranched alkanes of at least 4 members (excludes halogenated alkanes) is 16. The molecule has 0 aromatic carbocycles. The van der Waals surface area contributed by atoms with Crippen LogP contribution >= 0.6 is 0 Å². The number of carbonyl (C=O) groups is 4. The highest BCUT2D eigenvalue weighted by molar-refractivity contribution is 5.74. The first kappa shape index (κ1) is 66.7. The summed E-state index contributed by atoms with van der Waals surface area (Å²) in [5, 5.41) is 31.4. The molecule has 12 nitrogen and oxygen atoms in total. The lowest BCUT2D eigenvalue weighted by atomic mass is 9.98. The molecule has 1 aliphatic heterocycles. The van der Waals surface area contributed by atoms with E-state index in [9.17, 15) is 34.5 Å². The van der Waals surface area contributed by atoms with Crippen molar-refractivity contribution in [3.05, 3.63) is 97.2 Å². The van der Waals surface area contributed by atoms with Crippen LogP contribution in [0.4, 0.5) is 0 Å². The van der Waals surface area contributed by atoms with Gasteiger partial charge in [-0.05, 0) is 116 Å². The molecule has 0 saturated carbocycles. The Kier molecular flexibility index (Phi) is 44.4. The topological polar surface area (TPSA) is 175 Å². The second-order valence-corrected chi connectivity index (χ2v) is 18.8. The van der Waals surface area contributed by atoms with Crippen molar-refractivity contribution in [3.63, 3.8) is 0 Å². The fourth-order valence-corrected chi connectivity index (χ4v) is 7.84. The minimum Gasteiger partial charge on any atom is -0.479 e. The van der Waals surface area contributed by atoms with Gasteiger partial charge in [-0.2, -0.15) is 0 Å². The summed E-state index contributed by atoms with van der Waals surface area (Å²) in [5.41, 5.74) is 0. The number of carboxylic acids is 1. The largest absolute Gasteiger partial charge is 0.479 e. The molecule has 1 aliphatic rings. The Balaban J connectivity index is 2.76. The lowest BCUT2D eigenvalue weighted by Crippen LogP contribution is -2.61. The fraction of sp³-hybridized carbons (Fsp3) is 0.672. The maximum Gasteiger partial charge on any atom is 0.335 e. The Morgan fingerprint density at radius 1 is 0.466 bits per heavy atom. The average molecular weight is 1020 g/mol. The SMILES string of the molecule is CC/C=C\C/C=C\C/C=C\C/C=C\CCCCC(=O)OC1C(OCC(COC(=O)CCCCCCC/C=C\CCCCCCCC)OC(=O)CCCCC/C=C\C/C=C\C/C=C\CC)OC(C(=O)O)C(O)C1O. The molecule has 0 aromatic heterocycles. The summed E-state index contributed by atoms with van der Waals surface area (Å²) in [6.45, 7) is 5.69. The molecular formula is C61H98O12. The quantitative estimate of drug-likeness (QED) is 0.0228. The third-order valence-electron chi connectivity index (χ3n) is 12.1. The number of aliphatic hydroxyl groups is 2. The van der Waals surface area contributed by atoms with Gasteiger partial charge in [0.25, 0.3) is 0 Å². The van der Waals surface area contributed by atoms with Crippen LogP contribution in [0, 0.1) is 0 Å². The van der Waals surface area contributed by atoms with E-state index < -0.39 is 67.3 Å². The van der Waals surface area contributed by atoms with Crippen LogP contribution in [0.2, 0.25) is 0 Å². The van der Waals surface area contributed by atoms with E-state index in [1.807, 2.05) is 0 Å². The van der Waals surface area contributed by atoms with Crippen LogP contribution in [0.15, 0.2) is 97.2 Å². The molecule has 1 saturated heterocycles. The van der Waals surface area contributed by atoms with Crippen LogP contribution in [0.25, 0.3) is 0 Å². The van der Waals surface area contributed by atoms with Crippen molar-refractivity contribution in [1.82, 2.24) is 0 Å². The summed E-state index contributed by atoms with van der Waals surface area (Å²) in [6.07, 6.45) is 51.0. The van der Waals surface area contributed by atoms with Gasteiger partial charge in [0.2, 0.25) is 0 Å². The summed E-state index contributed by atoms with van der Waals surface area (Å²) in [4.78, 5) is 51.0. The molecule has 0 bridgehead atoms. The van der Waals surface area contributed by atoms with E-state index >= 15 is 0 Å². The number of hydrogen-bond acceptors (Lipinski definition) is 11. The molecule has 6 unspecified atom stereocenters. The Morgan fingerprint density at radius 2 is 0.863 bits per heavy atom. The lowest BCUT2D eigenvalue weighted by molar-refractivity contribution is -0.301. The first-order valence-corrected chi connectivity index (χ1v) is 28.2. The van der Waals surface area contributed by atoms with E-state index in [1.54, 1.807) is 0 Å². The molecule has 1 heterocycles. The molecule has 0 radical (unpaired) electrons. The monoisotopic (exact) mass is 1020 g/mol. The Labute approximate surface area is 441 Å². The third kappa shape index (κ3) is 38.8. The maximum absolute atomic E-state index is 13.1. The first-order valence-electron chi connectivity index (χ1n) is 28.2. The zero-order valence-corrected chi connectivity index (χ0v) is 45.3. The molecule has 73 heavy (non-hydrogen) atoms. The number of ether oxygens (including phenoxy) is 5. The van der Waals surface area contributed by atoms with Crippen molar-refractivity contribution in [3.8, 4) is 0 Å². The number of aliphatic carboxylic acids is 1. The Morgan fingerprint density at radius 3 is 1.37 bits per heavy atom. The van der Waals surface area contributed by atoms with Gasteiger partial charge in [0, 0.05) is 19.3 Å². The van der Waals surface area contributed by atoms with Crippen LogP contribution in [-0.2, 0) is 42.9 Å². The third-order valence-corrected chi connectivity index (χ3v) is 12.1. The first-order chi connectivity index (χ1) is 35.6. The lowest BCUT2D eigenvalue weighted by Gasteiger charge is -2.40. The highest BCUT2D eigenvalue weighted by Crippen LogP contribution is 2.26. The smallest absolute Gasteiger partial charge is 0.335 e. The number of carbonyl (C=O) groups excluding carboxylic acids is 3. The Bertz CT molecular complexity index is 1640. The molecule has 6 atom stereocenters. The predicted molar refractivity (Wildman–Crippen MR) is 294 cm³/mol. The minimum atomic E-state index is -1.93. The van der Waals surface area contributed by atoms with Crippen molar-refractivity contribution in [1.29, 1.82) is 0 Å². The van der Waals surface area contributed by atoms with Gasteiger partial charge in [0.05, 0.1) is 6.61 Å². The van der Waals surface area contributed by atoms with Gasteiger partial charge in [0.15, 0.2) is 24.6 Å². The molecule has 1 fully saturated rings. The number of esters is 3. The fourth-order valence-electron chi connectivity index (χ4n) is 7.84. The normalized spacial score (nSPS) is 19.1. The zero-order valence-electron chi connectivity index (χ0n) is 45.3. The molecule has 0 spiro atoms. The molecule has 414 valence electrons. The molecule has 0 aromatic rings. The van der Waals surface area contributed by atoms with Gasteiger partial charge in [-0.15, -0.1) is 0 Å². The van der Waals surface area contributed by atoms with Gasteiger partial charge in [-0.1, -0.05) is 176 Å². The Hall–Kier alpha value is -4.36. The molecule has 0 amide bonds. The van der Waals surface area contributed by atoms with E-state index in [1.165, 1.54) is 38.5 Å². The molecule has 0 aliphatic carbocycles. The summed E-state index contributed by atoms with van der Waals surface area (Å²) >= 11 is 0. The summed E-state index contributed by atoms with van der Waals surface area (Å²) < 4.78 is 28.3. The van der Waals surface area contributed by atoms with Crippen LogP contribution in [0.1, 0.15) is 213 Å². The van der Waals surface area contributed by atoms with Crippen LogP contribution < -0.4 is 0 Å². The van der Waals surface area contributed by atoms with Gasteiger partial charge < -0.3 is 39.0 Å². The van der Waals surface area contributed by atoms with Crippen molar-refractivity contribution in [2.24, 2.45) is 0 Å². The number of hydrogen-bond donors (Lipinski definition) is 3. The molecule has 3 N–H and O–H groups in total. The minimum absolute atomic E-state index is 0.000359. The number of rotatable bonds is 46. The van der Waals surface area contributed by atoms with Crippen molar-refractivity contribution in [2.75, 3.05) is 13.2 Å². The molecule has 12 heteroatoms. The van der Waals surface area contributed by atoms with Gasteiger partial charge in [0.1, 0.15) is 18.8 Å². The number of aliphatic hydroxyl groups excluding tert-OH is 2. The van der Waals surface area contributed by atoms with Crippen molar-refractivity contribution >= 4 is 23.9 Å². The second-order valence-electron chi connectivity index (χ2n) is 18.8. The van der Waals surface area contributed by atoms with E-state index in [2.05, 4.69) is 118 Å². The van der Waals surface area contributed by atoms with Gasteiger partial charge in [-0.25, -0.2) is 4.79 Å². The molecular weight excluding hydrogens is 925 g/mol. The highest BCUT2D eigenvalue weighted by atomic mass is 16.7. The maximum atomic E-state index is 13.1. The van der Waals surface area contributed by atoms with Gasteiger partial charge in [-0.3, -0.25) is 14.4 Å². The van der Waals surface area contributed by atoms with E-state index in [0.29, 0.717) is 25.7 Å². The van der Waals surface area contributed by atoms with E-state index in [0.717, 1.165) is 109 Å². The van der Waals surface area contributed by atoms with Gasteiger partial charge >= 0.3 is 23.9 Å². The summed E-state index contributed by atoms with van der Waals surface area (Å²) in [6, 6.07) is 0. The van der Waals surface area contributed by atoms with Crippen molar-refractivity contribution < 1.29 is 58.2 Å². The van der Waals surface area contributed by atoms with Crippen LogP contribution in [-0.4, -0.2) is 89.2 Å². The second kappa shape index (κ2) is 48.6. The zero-order chi connectivity index (χ0) is 53.3. The van der Waals surface area contributed by atoms with Crippen LogP contribution in [0.3, 0.4) is 0 Å².